The number of aromatic nitrogens is 1. The van der Waals surface area contributed by atoms with Crippen molar-refractivity contribution in [2.75, 3.05) is 0 Å². The van der Waals surface area contributed by atoms with Crippen molar-refractivity contribution in [3.05, 3.63) is 51.9 Å². The van der Waals surface area contributed by atoms with Gasteiger partial charge in [-0.3, -0.25) is 0 Å². The maximum Gasteiger partial charge on any atom is 0.138 e. The minimum absolute atomic E-state index is 0.313. The van der Waals surface area contributed by atoms with Crippen LogP contribution in [0.2, 0.25) is 0 Å². The molecule has 0 radical (unpaired) electrons. The third kappa shape index (κ3) is 3.04. The van der Waals surface area contributed by atoms with Gasteiger partial charge in [-0.2, -0.15) is 0 Å². The number of hydrogen-bond donors (Lipinski definition) is 1. The van der Waals surface area contributed by atoms with Crippen molar-refractivity contribution < 1.29 is 4.52 Å². The highest BCUT2D eigenvalue weighted by Gasteiger charge is 2.11. The van der Waals surface area contributed by atoms with Gasteiger partial charge in [0.05, 0.1) is 5.69 Å². The number of nitrogens with zero attached hydrogens (tertiary/aromatic N) is 1. The van der Waals surface area contributed by atoms with Gasteiger partial charge in [-0.25, -0.2) is 0 Å². The van der Waals surface area contributed by atoms with Crippen molar-refractivity contribution >= 4 is 0 Å². The molecule has 0 aliphatic heterocycles. The Labute approximate surface area is 115 Å². The molecule has 1 aromatic carbocycles. The molecule has 3 heteroatoms. The Morgan fingerprint density at radius 3 is 2.47 bits per heavy atom. The van der Waals surface area contributed by atoms with Gasteiger partial charge in [0.1, 0.15) is 5.76 Å². The second-order valence-electron chi connectivity index (χ2n) is 5.25. The average molecular weight is 258 g/mol. The fourth-order valence-corrected chi connectivity index (χ4v) is 2.16. The third-order valence-electron chi connectivity index (χ3n) is 3.80. The van der Waals surface area contributed by atoms with Crippen molar-refractivity contribution in [3.8, 4) is 0 Å². The van der Waals surface area contributed by atoms with E-state index in [-0.39, 0.29) is 0 Å². The number of aryl methyl sites for hydroxylation is 4. The summed E-state index contributed by atoms with van der Waals surface area (Å²) >= 11 is 0. The van der Waals surface area contributed by atoms with Crippen LogP contribution >= 0.6 is 0 Å². The molecule has 0 spiro atoms. The van der Waals surface area contributed by atoms with Crippen LogP contribution in [0.15, 0.2) is 22.7 Å². The first-order chi connectivity index (χ1) is 8.99. The summed E-state index contributed by atoms with van der Waals surface area (Å²) in [6.45, 7) is 11.2. The normalized spacial score (nSPS) is 12.7. The molecular weight excluding hydrogens is 236 g/mol. The summed E-state index contributed by atoms with van der Waals surface area (Å²) in [7, 11) is 0. The molecule has 0 aliphatic carbocycles. The average Bonchev–Trinajstić information content (AvgIpc) is 2.69. The summed E-state index contributed by atoms with van der Waals surface area (Å²) in [4.78, 5) is 0. The predicted molar refractivity (Wildman–Crippen MR) is 77.1 cm³/mol. The Morgan fingerprint density at radius 1 is 1.16 bits per heavy atom. The second kappa shape index (κ2) is 5.57. The van der Waals surface area contributed by atoms with Crippen molar-refractivity contribution in [1.29, 1.82) is 0 Å². The predicted octanol–water partition coefficient (Wildman–Crippen LogP) is 3.76. The lowest BCUT2D eigenvalue weighted by molar-refractivity contribution is 0.391. The molecule has 0 bridgehead atoms. The zero-order valence-corrected chi connectivity index (χ0v) is 12.4. The summed E-state index contributed by atoms with van der Waals surface area (Å²) in [5, 5.41) is 7.51. The fourth-order valence-electron chi connectivity index (χ4n) is 2.16. The van der Waals surface area contributed by atoms with Crippen LogP contribution in [0.5, 0.6) is 0 Å². The second-order valence-corrected chi connectivity index (χ2v) is 5.25. The molecule has 0 saturated heterocycles. The molecule has 1 atom stereocenters. The standard InChI is InChI=1S/C16H22N2O/c1-10-6-7-15(8-11(10)2)12(3)17-9-16-13(4)18-19-14(16)5/h6-8,12,17H,9H2,1-5H3. The Morgan fingerprint density at radius 2 is 1.89 bits per heavy atom. The van der Waals surface area contributed by atoms with Crippen LogP contribution in [0.25, 0.3) is 0 Å². The van der Waals surface area contributed by atoms with E-state index < -0.39 is 0 Å². The molecule has 3 nitrogen and oxygen atoms in total. The summed E-state index contributed by atoms with van der Waals surface area (Å²) < 4.78 is 5.18. The molecule has 0 fully saturated rings. The molecule has 0 aliphatic rings. The lowest BCUT2D eigenvalue weighted by Crippen LogP contribution is -2.18. The van der Waals surface area contributed by atoms with E-state index in [0.717, 1.165) is 23.6 Å². The van der Waals surface area contributed by atoms with Gasteiger partial charge in [-0.05, 0) is 51.3 Å². The van der Waals surface area contributed by atoms with Gasteiger partial charge < -0.3 is 9.84 Å². The van der Waals surface area contributed by atoms with E-state index in [4.69, 9.17) is 4.52 Å². The zero-order chi connectivity index (χ0) is 14.0. The topological polar surface area (TPSA) is 38.1 Å². The zero-order valence-electron chi connectivity index (χ0n) is 12.4. The number of hydrogen-bond acceptors (Lipinski definition) is 3. The van der Waals surface area contributed by atoms with Gasteiger partial charge in [0.15, 0.2) is 0 Å². The van der Waals surface area contributed by atoms with E-state index in [1.165, 1.54) is 16.7 Å². The molecule has 19 heavy (non-hydrogen) atoms. The van der Waals surface area contributed by atoms with Crippen LogP contribution in [0.1, 0.15) is 46.7 Å². The Bertz CT molecular complexity index is 553. The molecule has 1 unspecified atom stereocenters. The van der Waals surface area contributed by atoms with Crippen molar-refractivity contribution in [3.63, 3.8) is 0 Å². The van der Waals surface area contributed by atoms with Crippen LogP contribution in [0.3, 0.4) is 0 Å². The van der Waals surface area contributed by atoms with Gasteiger partial charge in [0.2, 0.25) is 0 Å². The van der Waals surface area contributed by atoms with Crippen LogP contribution in [0, 0.1) is 27.7 Å². The lowest BCUT2D eigenvalue weighted by Gasteiger charge is -2.15. The van der Waals surface area contributed by atoms with Gasteiger partial charge >= 0.3 is 0 Å². The van der Waals surface area contributed by atoms with Gasteiger partial charge in [-0.15, -0.1) is 0 Å². The molecule has 2 aromatic rings. The summed E-state index contributed by atoms with van der Waals surface area (Å²) in [6.07, 6.45) is 0. The van der Waals surface area contributed by atoms with E-state index in [0.29, 0.717) is 6.04 Å². The van der Waals surface area contributed by atoms with Crippen molar-refractivity contribution in [2.24, 2.45) is 0 Å². The van der Waals surface area contributed by atoms with Crippen LogP contribution in [-0.2, 0) is 6.54 Å². The first kappa shape index (κ1) is 13.8. The molecular formula is C16H22N2O. The minimum atomic E-state index is 0.313. The molecule has 0 saturated carbocycles. The Balaban J connectivity index is 2.05. The molecule has 0 amide bonds. The first-order valence-electron chi connectivity index (χ1n) is 6.71. The summed E-state index contributed by atoms with van der Waals surface area (Å²) in [5.74, 6) is 0.900. The van der Waals surface area contributed by atoms with E-state index in [1.54, 1.807) is 0 Å². The van der Waals surface area contributed by atoms with Crippen LogP contribution in [0.4, 0.5) is 0 Å². The Hall–Kier alpha value is -1.61. The summed E-state index contributed by atoms with van der Waals surface area (Å²) in [6, 6.07) is 6.93. The Kier molecular flexibility index (Phi) is 4.05. The van der Waals surface area contributed by atoms with Crippen LogP contribution < -0.4 is 5.32 Å². The van der Waals surface area contributed by atoms with E-state index in [1.807, 2.05) is 13.8 Å². The van der Waals surface area contributed by atoms with Gasteiger partial charge in [-0.1, -0.05) is 23.4 Å². The van der Waals surface area contributed by atoms with E-state index >= 15 is 0 Å². The largest absolute Gasteiger partial charge is 0.361 e. The van der Waals surface area contributed by atoms with Gasteiger partial charge in [0, 0.05) is 18.2 Å². The number of rotatable bonds is 4. The van der Waals surface area contributed by atoms with Crippen molar-refractivity contribution in [2.45, 2.75) is 47.2 Å². The van der Waals surface area contributed by atoms with E-state index in [9.17, 15) is 0 Å². The maximum absolute atomic E-state index is 5.18. The SMILES string of the molecule is Cc1ccc(C(C)NCc2c(C)noc2C)cc1C. The molecule has 102 valence electrons. The maximum atomic E-state index is 5.18. The van der Waals surface area contributed by atoms with E-state index in [2.05, 4.69) is 49.4 Å². The van der Waals surface area contributed by atoms with Crippen molar-refractivity contribution in [1.82, 2.24) is 10.5 Å². The highest BCUT2D eigenvalue weighted by molar-refractivity contribution is 5.31. The minimum Gasteiger partial charge on any atom is -0.361 e. The highest BCUT2D eigenvalue weighted by Crippen LogP contribution is 2.18. The van der Waals surface area contributed by atoms with Crippen LogP contribution in [-0.4, -0.2) is 5.16 Å². The lowest BCUT2D eigenvalue weighted by atomic mass is 10.0. The summed E-state index contributed by atoms with van der Waals surface area (Å²) in [5.41, 5.74) is 6.12. The molecule has 1 aromatic heterocycles. The third-order valence-corrected chi connectivity index (χ3v) is 3.80. The smallest absolute Gasteiger partial charge is 0.138 e. The van der Waals surface area contributed by atoms with Gasteiger partial charge in [0.25, 0.3) is 0 Å². The quantitative estimate of drug-likeness (QED) is 0.907. The monoisotopic (exact) mass is 258 g/mol. The fraction of sp³-hybridized carbons (Fsp3) is 0.438. The first-order valence-corrected chi connectivity index (χ1v) is 6.71. The molecule has 1 heterocycles. The molecule has 1 N–H and O–H groups in total. The molecule has 2 rings (SSSR count). The highest BCUT2D eigenvalue weighted by atomic mass is 16.5. The number of nitrogens with one attached hydrogen (secondary N) is 1. The number of benzene rings is 1.